The number of aromatic nitrogens is 6. The maximum absolute atomic E-state index is 5.45. The lowest BCUT2D eigenvalue weighted by atomic mass is 10.0. The Balaban J connectivity index is 1.35. The van der Waals surface area contributed by atoms with Gasteiger partial charge in [0.1, 0.15) is 17.7 Å². The first-order valence-electron chi connectivity index (χ1n) is 10.1. The van der Waals surface area contributed by atoms with Gasteiger partial charge < -0.3 is 24.4 Å². The molecule has 2 aliphatic heterocycles. The highest BCUT2D eigenvalue weighted by molar-refractivity contribution is 5.82. The topological polar surface area (TPSA) is 99.2 Å². The lowest BCUT2D eigenvalue weighted by molar-refractivity contribution is 0.122. The molecule has 3 aromatic rings. The molecule has 10 heteroatoms. The first-order chi connectivity index (χ1) is 14.3. The zero-order chi connectivity index (χ0) is 19.6. The number of fused-ring (bicyclic) bond motifs is 1. The van der Waals surface area contributed by atoms with E-state index in [9.17, 15) is 0 Å². The zero-order valence-corrected chi connectivity index (χ0v) is 16.5. The van der Waals surface area contributed by atoms with Crippen molar-refractivity contribution in [2.75, 3.05) is 61.1 Å². The van der Waals surface area contributed by atoms with E-state index in [1.165, 1.54) is 0 Å². The van der Waals surface area contributed by atoms with Crippen LogP contribution in [0.4, 0.5) is 17.6 Å². The van der Waals surface area contributed by atoms with E-state index in [2.05, 4.69) is 46.7 Å². The highest BCUT2D eigenvalue weighted by atomic mass is 16.5. The summed E-state index contributed by atoms with van der Waals surface area (Å²) >= 11 is 0. The number of imidazole rings is 1. The Hall–Kier alpha value is -3.01. The van der Waals surface area contributed by atoms with Gasteiger partial charge in [0.25, 0.3) is 0 Å². The Kier molecular flexibility index (Phi) is 4.84. The second-order valence-corrected chi connectivity index (χ2v) is 7.47. The van der Waals surface area contributed by atoms with E-state index in [1.807, 2.05) is 12.3 Å². The molecule has 1 unspecified atom stereocenters. The minimum atomic E-state index is 0.302. The first kappa shape index (κ1) is 18.0. The van der Waals surface area contributed by atoms with E-state index in [-0.39, 0.29) is 0 Å². The van der Waals surface area contributed by atoms with Crippen LogP contribution >= 0.6 is 0 Å². The van der Waals surface area contributed by atoms with Crippen molar-refractivity contribution in [3.63, 3.8) is 0 Å². The van der Waals surface area contributed by atoms with E-state index < -0.39 is 0 Å². The van der Waals surface area contributed by atoms with Gasteiger partial charge in [-0.15, -0.1) is 0 Å². The van der Waals surface area contributed by atoms with E-state index in [4.69, 9.17) is 9.72 Å². The molecule has 29 heavy (non-hydrogen) atoms. The number of nitrogens with zero attached hydrogens (tertiary/aromatic N) is 8. The Morgan fingerprint density at radius 2 is 2.00 bits per heavy atom. The van der Waals surface area contributed by atoms with Gasteiger partial charge in [-0.25, -0.2) is 19.9 Å². The molecule has 152 valence electrons. The summed E-state index contributed by atoms with van der Waals surface area (Å²) in [5.41, 5.74) is 1.59. The third-order valence-corrected chi connectivity index (χ3v) is 5.73. The van der Waals surface area contributed by atoms with Gasteiger partial charge in [-0.3, -0.25) is 0 Å². The largest absolute Gasteiger partial charge is 0.378 e. The molecule has 0 saturated carbocycles. The van der Waals surface area contributed by atoms with E-state index in [1.54, 1.807) is 12.7 Å². The van der Waals surface area contributed by atoms with E-state index >= 15 is 0 Å². The predicted molar refractivity (Wildman–Crippen MR) is 110 cm³/mol. The number of rotatable bonds is 4. The second-order valence-electron chi connectivity index (χ2n) is 7.47. The average molecular weight is 395 g/mol. The fourth-order valence-corrected chi connectivity index (χ4v) is 4.10. The first-order valence-corrected chi connectivity index (χ1v) is 10.1. The van der Waals surface area contributed by atoms with Crippen LogP contribution in [-0.4, -0.2) is 82.4 Å². The molecule has 0 amide bonds. The van der Waals surface area contributed by atoms with Crippen LogP contribution in [0.1, 0.15) is 12.8 Å². The van der Waals surface area contributed by atoms with E-state index in [0.29, 0.717) is 11.7 Å². The van der Waals surface area contributed by atoms with Crippen molar-refractivity contribution in [2.24, 2.45) is 0 Å². The van der Waals surface area contributed by atoms with Crippen LogP contribution in [0.2, 0.25) is 0 Å². The highest BCUT2D eigenvalue weighted by Gasteiger charge is 2.27. The van der Waals surface area contributed by atoms with Crippen molar-refractivity contribution in [3.05, 3.63) is 24.9 Å². The Bertz CT molecular complexity index is 971. The number of morpholine rings is 1. The number of H-pyrrole nitrogens is 1. The smallest absolute Gasteiger partial charge is 0.227 e. The van der Waals surface area contributed by atoms with Crippen molar-refractivity contribution >= 4 is 28.7 Å². The average Bonchev–Trinajstić information content (AvgIpc) is 3.28. The lowest BCUT2D eigenvalue weighted by Gasteiger charge is -2.38. The van der Waals surface area contributed by atoms with E-state index in [0.717, 1.165) is 75.3 Å². The van der Waals surface area contributed by atoms with Crippen LogP contribution in [0.15, 0.2) is 24.9 Å². The monoisotopic (exact) mass is 395 g/mol. The van der Waals surface area contributed by atoms with Crippen molar-refractivity contribution in [3.8, 4) is 0 Å². The molecule has 10 nitrogen and oxygen atoms in total. The van der Waals surface area contributed by atoms with Gasteiger partial charge in [-0.05, 0) is 18.9 Å². The van der Waals surface area contributed by atoms with Gasteiger partial charge in [0, 0.05) is 45.5 Å². The number of hydrogen-bond donors (Lipinski definition) is 1. The normalized spacial score (nSPS) is 20.2. The molecule has 5 rings (SSSR count). The molecule has 5 heterocycles. The predicted octanol–water partition coefficient (Wildman–Crippen LogP) is 1.08. The molecule has 0 radical (unpaired) electrons. The number of ether oxygens (including phenoxy) is 1. The Morgan fingerprint density at radius 1 is 1.10 bits per heavy atom. The molecule has 0 spiro atoms. The molecule has 1 atom stereocenters. The number of anilines is 3. The SMILES string of the molecule is CN(c1nccc(N2CCOCC2)n1)C1CCCN(c2ncnc3nc[nH]c23)C1. The van der Waals surface area contributed by atoms with Crippen LogP contribution in [0.5, 0.6) is 0 Å². The summed E-state index contributed by atoms with van der Waals surface area (Å²) < 4.78 is 5.45. The van der Waals surface area contributed by atoms with Crippen molar-refractivity contribution in [1.82, 2.24) is 29.9 Å². The Morgan fingerprint density at radius 3 is 2.90 bits per heavy atom. The lowest BCUT2D eigenvalue weighted by Crippen LogP contribution is -2.47. The number of piperidine rings is 1. The summed E-state index contributed by atoms with van der Waals surface area (Å²) in [6.45, 7) is 5.04. The molecule has 0 aliphatic carbocycles. The van der Waals surface area contributed by atoms with Crippen molar-refractivity contribution in [1.29, 1.82) is 0 Å². The van der Waals surface area contributed by atoms with Gasteiger partial charge >= 0.3 is 0 Å². The summed E-state index contributed by atoms with van der Waals surface area (Å²) in [6.07, 6.45) is 7.28. The molecule has 1 N–H and O–H groups in total. The van der Waals surface area contributed by atoms with Crippen LogP contribution < -0.4 is 14.7 Å². The number of likely N-dealkylation sites (N-methyl/N-ethyl adjacent to an activating group) is 1. The molecule has 2 fully saturated rings. The highest BCUT2D eigenvalue weighted by Crippen LogP contribution is 2.26. The van der Waals surface area contributed by atoms with Gasteiger partial charge in [-0.1, -0.05) is 0 Å². The summed E-state index contributed by atoms with van der Waals surface area (Å²) in [5.74, 6) is 2.64. The molecule has 0 aromatic carbocycles. The summed E-state index contributed by atoms with van der Waals surface area (Å²) in [4.78, 5) is 32.3. The quantitative estimate of drug-likeness (QED) is 0.696. The van der Waals surface area contributed by atoms with Gasteiger partial charge in [0.15, 0.2) is 11.5 Å². The van der Waals surface area contributed by atoms with Crippen molar-refractivity contribution < 1.29 is 4.74 Å². The standard InChI is InChI=1S/C19H25N9O/c1-26(19-20-5-4-15(25-19)27-7-9-29-10-8-27)14-3-2-6-28(11-14)18-16-17(22-12-21-16)23-13-24-18/h4-5,12-14H,2-3,6-11H2,1H3,(H,21,22,23,24). The van der Waals surface area contributed by atoms with Crippen LogP contribution in [0, 0.1) is 0 Å². The molecule has 0 bridgehead atoms. The van der Waals surface area contributed by atoms with Gasteiger partial charge in [-0.2, -0.15) is 4.98 Å². The Labute approximate surface area is 169 Å². The fraction of sp³-hybridized carbons (Fsp3) is 0.526. The summed E-state index contributed by atoms with van der Waals surface area (Å²) in [7, 11) is 2.08. The van der Waals surface area contributed by atoms with Crippen LogP contribution in [-0.2, 0) is 4.74 Å². The second kappa shape index (κ2) is 7.78. The van der Waals surface area contributed by atoms with Crippen LogP contribution in [0.3, 0.4) is 0 Å². The zero-order valence-electron chi connectivity index (χ0n) is 16.5. The maximum atomic E-state index is 5.45. The number of aromatic amines is 1. The third-order valence-electron chi connectivity index (χ3n) is 5.73. The molecular weight excluding hydrogens is 370 g/mol. The third kappa shape index (κ3) is 3.55. The van der Waals surface area contributed by atoms with Crippen LogP contribution in [0.25, 0.3) is 11.2 Å². The number of nitrogens with one attached hydrogen (secondary N) is 1. The van der Waals surface area contributed by atoms with Crippen molar-refractivity contribution in [2.45, 2.75) is 18.9 Å². The fourth-order valence-electron chi connectivity index (χ4n) is 4.10. The summed E-state index contributed by atoms with van der Waals surface area (Å²) in [5, 5.41) is 0. The number of hydrogen-bond acceptors (Lipinski definition) is 9. The molecular formula is C19H25N9O. The summed E-state index contributed by atoms with van der Waals surface area (Å²) in [6, 6.07) is 2.28. The minimum absolute atomic E-state index is 0.302. The maximum Gasteiger partial charge on any atom is 0.227 e. The molecule has 3 aromatic heterocycles. The van der Waals surface area contributed by atoms with Gasteiger partial charge in [0.05, 0.1) is 19.5 Å². The van der Waals surface area contributed by atoms with Gasteiger partial charge in [0.2, 0.25) is 5.95 Å². The molecule has 2 aliphatic rings. The minimum Gasteiger partial charge on any atom is -0.378 e. The molecule has 2 saturated heterocycles.